The third kappa shape index (κ3) is 3.09. The number of carbonyl (C=O) groups excluding carboxylic acids is 1. The minimum Gasteiger partial charge on any atom is -0.404 e. The monoisotopic (exact) mass is 376 g/mol. The number of aromatic amines is 1. The summed E-state index contributed by atoms with van der Waals surface area (Å²) in [5.41, 5.74) is 8.33. The van der Waals surface area contributed by atoms with Gasteiger partial charge in [0, 0.05) is 55.4 Å². The lowest BCUT2D eigenvalue weighted by atomic mass is 10.1. The third-order valence-corrected chi connectivity index (χ3v) is 4.85. The Balaban J connectivity index is 1.74. The van der Waals surface area contributed by atoms with Gasteiger partial charge in [0.25, 0.3) is 5.56 Å². The first-order chi connectivity index (χ1) is 13.6. The molecule has 142 valence electrons. The Morgan fingerprint density at radius 3 is 2.75 bits per heavy atom. The van der Waals surface area contributed by atoms with Crippen molar-refractivity contribution >= 4 is 28.7 Å². The van der Waals surface area contributed by atoms with E-state index in [0.717, 1.165) is 5.69 Å². The molecule has 8 heteroatoms. The Hall–Kier alpha value is -3.68. The van der Waals surface area contributed by atoms with Crippen LogP contribution in [0.25, 0.3) is 22.3 Å². The number of allylic oxidation sites excluding steroid dienone is 1. The van der Waals surface area contributed by atoms with Gasteiger partial charge in [-0.15, -0.1) is 0 Å². The molecule has 0 bridgehead atoms. The van der Waals surface area contributed by atoms with Gasteiger partial charge in [0.05, 0.1) is 17.8 Å². The summed E-state index contributed by atoms with van der Waals surface area (Å²) in [5, 5.41) is 0.452. The molecule has 2 aromatic heterocycles. The lowest BCUT2D eigenvalue weighted by molar-refractivity contribution is -0.132. The second kappa shape index (κ2) is 7.15. The maximum absolute atomic E-state index is 12.5. The zero-order valence-electron chi connectivity index (χ0n) is 15.4. The van der Waals surface area contributed by atoms with E-state index in [-0.39, 0.29) is 17.5 Å². The number of aliphatic imine (C=N–C) groups is 1. The number of rotatable bonds is 4. The van der Waals surface area contributed by atoms with E-state index < -0.39 is 0 Å². The van der Waals surface area contributed by atoms with Crippen molar-refractivity contribution in [2.75, 3.05) is 13.1 Å². The van der Waals surface area contributed by atoms with Gasteiger partial charge >= 0.3 is 0 Å². The number of fused-ring (bicyclic) bond motifs is 1. The van der Waals surface area contributed by atoms with E-state index in [0.29, 0.717) is 35.3 Å². The van der Waals surface area contributed by atoms with Crippen molar-refractivity contribution in [2.24, 2.45) is 10.7 Å². The number of aromatic nitrogens is 3. The number of para-hydroxylation sites is 1. The highest BCUT2D eigenvalue weighted by atomic mass is 16.2. The molecular weight excluding hydrogens is 356 g/mol. The fourth-order valence-electron chi connectivity index (χ4n) is 3.27. The molecule has 1 aliphatic heterocycles. The molecule has 8 nitrogen and oxygen atoms in total. The van der Waals surface area contributed by atoms with Crippen LogP contribution in [-0.4, -0.2) is 50.7 Å². The van der Waals surface area contributed by atoms with Crippen LogP contribution in [0.5, 0.6) is 0 Å². The smallest absolute Gasteiger partial charge is 0.260 e. The number of H-pyrrole nitrogens is 1. The first kappa shape index (κ1) is 17.7. The number of likely N-dealkylation sites (tertiary alicyclic amines) is 1. The highest BCUT2D eigenvalue weighted by molar-refractivity contribution is 6.14. The molecule has 0 saturated carbocycles. The van der Waals surface area contributed by atoms with Crippen LogP contribution < -0.4 is 11.3 Å². The molecule has 4 rings (SSSR count). The zero-order valence-corrected chi connectivity index (χ0v) is 15.4. The Morgan fingerprint density at radius 2 is 2.07 bits per heavy atom. The summed E-state index contributed by atoms with van der Waals surface area (Å²) in [6, 6.07) is 9.70. The molecule has 0 atom stereocenters. The van der Waals surface area contributed by atoms with Crippen LogP contribution >= 0.6 is 0 Å². The average molecular weight is 376 g/mol. The molecule has 0 spiro atoms. The summed E-state index contributed by atoms with van der Waals surface area (Å²) in [6.45, 7) is 2.73. The van der Waals surface area contributed by atoms with Gasteiger partial charge in [0.2, 0.25) is 5.91 Å². The van der Waals surface area contributed by atoms with Crippen molar-refractivity contribution in [3.8, 4) is 5.69 Å². The molecule has 0 aliphatic carbocycles. The van der Waals surface area contributed by atoms with Gasteiger partial charge in [-0.3, -0.25) is 14.6 Å². The molecule has 1 fully saturated rings. The molecule has 3 heterocycles. The van der Waals surface area contributed by atoms with E-state index in [2.05, 4.69) is 15.0 Å². The number of benzene rings is 1. The fourth-order valence-corrected chi connectivity index (χ4v) is 3.27. The first-order valence-electron chi connectivity index (χ1n) is 8.93. The summed E-state index contributed by atoms with van der Waals surface area (Å²) in [5.74, 6) is 0.0459. The van der Waals surface area contributed by atoms with Gasteiger partial charge in [-0.05, 0) is 12.1 Å². The molecule has 1 aromatic carbocycles. The van der Waals surface area contributed by atoms with Gasteiger partial charge in [0.15, 0.2) is 5.65 Å². The number of hydrogen-bond acceptors (Lipinski definition) is 5. The van der Waals surface area contributed by atoms with E-state index in [1.54, 1.807) is 18.0 Å². The third-order valence-electron chi connectivity index (χ3n) is 4.85. The fraction of sp³-hybridized carbons (Fsp3) is 0.200. The lowest BCUT2D eigenvalue weighted by Gasteiger charge is -2.36. The molecule has 28 heavy (non-hydrogen) atoms. The molecule has 1 saturated heterocycles. The van der Waals surface area contributed by atoms with Crippen molar-refractivity contribution in [1.82, 2.24) is 19.4 Å². The number of hydrogen-bond donors (Lipinski definition) is 2. The SMILES string of the molecule is CC(=O)N1CC(N=C/C(=C\N)c2cn(-c3ccccc3)c3nc[nH]c(=O)c23)C1. The molecule has 0 unspecified atom stereocenters. The zero-order chi connectivity index (χ0) is 19.7. The van der Waals surface area contributed by atoms with E-state index >= 15 is 0 Å². The predicted octanol–water partition coefficient (Wildman–Crippen LogP) is 1.31. The second-order valence-electron chi connectivity index (χ2n) is 6.66. The molecule has 1 amide bonds. The molecule has 3 N–H and O–H groups in total. The van der Waals surface area contributed by atoms with Gasteiger partial charge in [-0.25, -0.2) is 4.98 Å². The maximum Gasteiger partial charge on any atom is 0.260 e. The normalized spacial score (nSPS) is 15.3. The summed E-state index contributed by atoms with van der Waals surface area (Å²) < 4.78 is 1.86. The molecule has 1 aliphatic rings. The van der Waals surface area contributed by atoms with Crippen molar-refractivity contribution in [2.45, 2.75) is 13.0 Å². The summed E-state index contributed by atoms with van der Waals surface area (Å²) in [6.07, 6.45) is 6.33. The largest absolute Gasteiger partial charge is 0.404 e. The first-order valence-corrected chi connectivity index (χ1v) is 8.93. The van der Waals surface area contributed by atoms with Crippen LogP contribution in [0.15, 0.2) is 58.8 Å². The summed E-state index contributed by atoms with van der Waals surface area (Å²) >= 11 is 0. The number of nitrogens with one attached hydrogen (secondary N) is 1. The predicted molar refractivity (Wildman–Crippen MR) is 108 cm³/mol. The van der Waals surface area contributed by atoms with Crippen LogP contribution in [0.3, 0.4) is 0 Å². The maximum atomic E-state index is 12.5. The molecule has 0 radical (unpaired) electrons. The Kier molecular flexibility index (Phi) is 4.52. The Bertz CT molecular complexity index is 1140. The van der Waals surface area contributed by atoms with E-state index in [1.807, 2.05) is 41.1 Å². The number of nitrogens with zero attached hydrogens (tertiary/aromatic N) is 4. The number of carbonyl (C=O) groups is 1. The Labute approximate surface area is 161 Å². The van der Waals surface area contributed by atoms with Crippen molar-refractivity contribution < 1.29 is 4.79 Å². The van der Waals surface area contributed by atoms with Gasteiger partial charge < -0.3 is 20.2 Å². The number of amides is 1. The summed E-state index contributed by atoms with van der Waals surface area (Å²) in [7, 11) is 0. The van der Waals surface area contributed by atoms with Crippen LogP contribution in [0.1, 0.15) is 12.5 Å². The van der Waals surface area contributed by atoms with E-state index in [4.69, 9.17) is 5.73 Å². The van der Waals surface area contributed by atoms with Crippen molar-refractivity contribution in [1.29, 1.82) is 0 Å². The number of nitrogens with two attached hydrogens (primary N) is 1. The Morgan fingerprint density at radius 1 is 1.32 bits per heavy atom. The molecular formula is C20H20N6O2. The average Bonchev–Trinajstić information content (AvgIpc) is 3.05. The van der Waals surface area contributed by atoms with E-state index in [1.165, 1.54) is 12.5 Å². The standard InChI is InChI=1S/C20H20N6O2/c1-13(27)25-9-15(10-25)22-8-14(7-21)17-11-26(16-5-3-2-4-6-16)19-18(17)20(28)24-12-23-19/h2-8,11-12,15H,9-10,21H2,1H3,(H,23,24,28)/b14-7+,22-8?. The van der Waals surface area contributed by atoms with Crippen LogP contribution in [-0.2, 0) is 4.79 Å². The minimum atomic E-state index is -0.242. The van der Waals surface area contributed by atoms with E-state index in [9.17, 15) is 9.59 Å². The van der Waals surface area contributed by atoms with Crippen molar-refractivity contribution in [3.05, 3.63) is 65.0 Å². The van der Waals surface area contributed by atoms with Crippen LogP contribution in [0.4, 0.5) is 0 Å². The second-order valence-corrected chi connectivity index (χ2v) is 6.66. The van der Waals surface area contributed by atoms with Gasteiger partial charge in [-0.2, -0.15) is 0 Å². The topological polar surface area (TPSA) is 109 Å². The highest BCUT2D eigenvalue weighted by Crippen LogP contribution is 2.25. The van der Waals surface area contributed by atoms with Gasteiger partial charge in [0.1, 0.15) is 0 Å². The molecule has 3 aromatic rings. The van der Waals surface area contributed by atoms with Crippen LogP contribution in [0.2, 0.25) is 0 Å². The lowest BCUT2D eigenvalue weighted by Crippen LogP contribution is -2.51. The van der Waals surface area contributed by atoms with Crippen molar-refractivity contribution in [3.63, 3.8) is 0 Å². The highest BCUT2D eigenvalue weighted by Gasteiger charge is 2.27. The van der Waals surface area contributed by atoms with Gasteiger partial charge in [-0.1, -0.05) is 18.2 Å². The minimum absolute atomic E-state index is 0.0396. The van der Waals surface area contributed by atoms with Crippen LogP contribution in [0, 0.1) is 0 Å². The summed E-state index contributed by atoms with van der Waals surface area (Å²) in [4.78, 5) is 37.1. The quantitative estimate of drug-likeness (QED) is 0.669.